The van der Waals surface area contributed by atoms with E-state index in [0.29, 0.717) is 6.42 Å². The second-order valence-corrected chi connectivity index (χ2v) is 4.98. The first-order chi connectivity index (χ1) is 8.75. The molecular weight excluding hydrogens is 258 g/mol. The number of oxime groups is 1. The Morgan fingerprint density at radius 1 is 1.28 bits per heavy atom. The van der Waals surface area contributed by atoms with E-state index in [4.69, 9.17) is 4.84 Å². The first-order valence-electron chi connectivity index (χ1n) is 5.57. The third-order valence-electron chi connectivity index (χ3n) is 3.01. The minimum absolute atomic E-state index is 0.0427. The van der Waals surface area contributed by atoms with Crippen molar-refractivity contribution < 1.29 is 13.6 Å². The predicted octanol–water partition coefficient (Wildman–Crippen LogP) is 3.13. The minimum Gasteiger partial charge on any atom is -0.387 e. The Morgan fingerprint density at radius 2 is 2.06 bits per heavy atom. The van der Waals surface area contributed by atoms with Crippen molar-refractivity contribution in [3.63, 3.8) is 0 Å². The highest BCUT2D eigenvalue weighted by atomic mass is 32.2. The van der Waals surface area contributed by atoms with Gasteiger partial charge in [0, 0.05) is 24.3 Å². The quantitative estimate of drug-likeness (QED) is 0.772. The van der Waals surface area contributed by atoms with Crippen LogP contribution in [0.5, 0.6) is 0 Å². The minimum atomic E-state index is -0.666. The Kier molecular flexibility index (Phi) is 3.03. The van der Waals surface area contributed by atoms with E-state index in [9.17, 15) is 8.78 Å². The SMILES string of the molecule is Fc1cccc(F)c1C1CC(C2C=NSC2)=NO1. The zero-order valence-corrected chi connectivity index (χ0v) is 10.2. The summed E-state index contributed by atoms with van der Waals surface area (Å²) in [4.78, 5) is 5.16. The molecule has 6 heteroatoms. The van der Waals surface area contributed by atoms with Crippen molar-refractivity contribution >= 4 is 23.9 Å². The fourth-order valence-electron chi connectivity index (χ4n) is 2.05. The third-order valence-corrected chi connectivity index (χ3v) is 3.79. The maximum Gasteiger partial charge on any atom is 0.163 e. The fraction of sp³-hybridized carbons (Fsp3) is 0.333. The van der Waals surface area contributed by atoms with Gasteiger partial charge in [0.15, 0.2) is 6.10 Å². The predicted molar refractivity (Wildman–Crippen MR) is 66.7 cm³/mol. The number of nitrogens with zero attached hydrogens (tertiary/aromatic N) is 2. The summed E-state index contributed by atoms with van der Waals surface area (Å²) in [6.45, 7) is 0. The molecule has 0 bridgehead atoms. The molecule has 0 fully saturated rings. The van der Waals surface area contributed by atoms with Crippen LogP contribution in [0, 0.1) is 17.6 Å². The van der Waals surface area contributed by atoms with Crippen LogP contribution in [0.4, 0.5) is 8.78 Å². The number of hydrogen-bond donors (Lipinski definition) is 0. The molecule has 3 nitrogen and oxygen atoms in total. The molecule has 18 heavy (non-hydrogen) atoms. The molecule has 0 aromatic heterocycles. The average Bonchev–Trinajstić information content (AvgIpc) is 2.99. The van der Waals surface area contributed by atoms with Gasteiger partial charge in [0.1, 0.15) is 11.6 Å². The van der Waals surface area contributed by atoms with E-state index in [1.807, 2.05) is 0 Å². The van der Waals surface area contributed by atoms with Gasteiger partial charge in [-0.3, -0.25) is 0 Å². The lowest BCUT2D eigenvalue weighted by atomic mass is 9.97. The van der Waals surface area contributed by atoms with Gasteiger partial charge in [-0.05, 0) is 24.1 Å². The lowest BCUT2D eigenvalue weighted by molar-refractivity contribution is 0.0799. The average molecular weight is 268 g/mol. The van der Waals surface area contributed by atoms with Crippen molar-refractivity contribution in [2.75, 3.05) is 5.75 Å². The monoisotopic (exact) mass is 268 g/mol. The van der Waals surface area contributed by atoms with Gasteiger partial charge in [-0.1, -0.05) is 11.2 Å². The standard InChI is InChI=1S/C12H10F2N2OS/c13-8-2-1-3-9(14)12(8)11-4-10(16-17-11)7-5-15-18-6-7/h1-3,5,7,11H,4,6H2. The van der Waals surface area contributed by atoms with Crippen LogP contribution in [0.1, 0.15) is 18.1 Å². The summed E-state index contributed by atoms with van der Waals surface area (Å²) in [5.74, 6) is -0.249. The molecule has 1 aromatic rings. The van der Waals surface area contributed by atoms with Crippen LogP contribution < -0.4 is 0 Å². The van der Waals surface area contributed by atoms with Gasteiger partial charge in [-0.15, -0.1) is 0 Å². The Morgan fingerprint density at radius 3 is 2.72 bits per heavy atom. The summed E-state index contributed by atoms with van der Waals surface area (Å²) in [6, 6.07) is 3.80. The largest absolute Gasteiger partial charge is 0.387 e. The lowest BCUT2D eigenvalue weighted by Gasteiger charge is -2.10. The highest BCUT2D eigenvalue weighted by Crippen LogP contribution is 2.34. The Balaban J connectivity index is 1.79. The molecule has 0 spiro atoms. The van der Waals surface area contributed by atoms with E-state index in [-0.39, 0.29) is 11.5 Å². The second kappa shape index (κ2) is 4.68. The van der Waals surface area contributed by atoms with E-state index in [1.54, 1.807) is 6.21 Å². The number of rotatable bonds is 2. The van der Waals surface area contributed by atoms with Gasteiger partial charge in [-0.2, -0.15) is 0 Å². The molecule has 0 aliphatic carbocycles. The van der Waals surface area contributed by atoms with Crippen LogP contribution in [0.15, 0.2) is 27.8 Å². The summed E-state index contributed by atoms with van der Waals surface area (Å²) in [6.07, 6.45) is 1.54. The Labute approximate surface area is 107 Å². The molecule has 3 rings (SSSR count). The second-order valence-electron chi connectivity index (χ2n) is 4.17. The molecule has 2 unspecified atom stereocenters. The molecule has 0 saturated carbocycles. The molecule has 2 aliphatic heterocycles. The first-order valence-corrected chi connectivity index (χ1v) is 6.52. The Bertz CT molecular complexity index is 513. The first kappa shape index (κ1) is 11.6. The van der Waals surface area contributed by atoms with Crippen molar-refractivity contribution in [3.8, 4) is 0 Å². The summed E-state index contributed by atoms with van der Waals surface area (Å²) < 4.78 is 31.3. The van der Waals surface area contributed by atoms with E-state index >= 15 is 0 Å². The van der Waals surface area contributed by atoms with Crippen molar-refractivity contribution in [1.82, 2.24) is 0 Å². The van der Waals surface area contributed by atoms with Crippen molar-refractivity contribution in [2.45, 2.75) is 12.5 Å². The van der Waals surface area contributed by atoms with E-state index in [1.165, 1.54) is 30.1 Å². The van der Waals surface area contributed by atoms with Crippen molar-refractivity contribution in [3.05, 3.63) is 35.4 Å². The zero-order chi connectivity index (χ0) is 12.5. The van der Waals surface area contributed by atoms with Gasteiger partial charge in [-0.25, -0.2) is 13.2 Å². The normalized spacial score (nSPS) is 26.2. The summed E-state index contributed by atoms with van der Waals surface area (Å²) in [5.41, 5.74) is 0.759. The van der Waals surface area contributed by atoms with Crippen LogP contribution >= 0.6 is 11.9 Å². The molecule has 0 saturated heterocycles. The van der Waals surface area contributed by atoms with Gasteiger partial charge in [0.25, 0.3) is 0 Å². The fourth-order valence-corrected chi connectivity index (χ4v) is 2.81. The number of halogens is 2. The molecule has 2 heterocycles. The van der Waals surface area contributed by atoms with E-state index < -0.39 is 17.7 Å². The van der Waals surface area contributed by atoms with Crippen LogP contribution in [0.25, 0.3) is 0 Å². The van der Waals surface area contributed by atoms with Gasteiger partial charge in [0.05, 0.1) is 11.3 Å². The van der Waals surface area contributed by atoms with E-state index in [2.05, 4.69) is 9.55 Å². The molecule has 0 N–H and O–H groups in total. The number of benzene rings is 1. The maximum absolute atomic E-state index is 13.6. The van der Waals surface area contributed by atoms with Crippen LogP contribution in [-0.2, 0) is 4.84 Å². The molecule has 1 aromatic carbocycles. The molecule has 2 aliphatic rings. The summed E-state index contributed by atoms with van der Waals surface area (Å²) in [7, 11) is 0. The topological polar surface area (TPSA) is 34.0 Å². The highest BCUT2D eigenvalue weighted by Gasteiger charge is 2.32. The van der Waals surface area contributed by atoms with Crippen LogP contribution in [0.3, 0.4) is 0 Å². The van der Waals surface area contributed by atoms with Gasteiger partial charge < -0.3 is 4.84 Å². The molecule has 94 valence electrons. The molecule has 0 amide bonds. The molecule has 0 radical (unpaired) electrons. The van der Waals surface area contributed by atoms with Gasteiger partial charge in [0.2, 0.25) is 0 Å². The summed E-state index contributed by atoms with van der Waals surface area (Å²) >= 11 is 1.46. The van der Waals surface area contributed by atoms with Crippen LogP contribution in [0.2, 0.25) is 0 Å². The third kappa shape index (κ3) is 2.01. The maximum atomic E-state index is 13.6. The van der Waals surface area contributed by atoms with Crippen molar-refractivity contribution in [1.29, 1.82) is 0 Å². The van der Waals surface area contributed by atoms with E-state index in [0.717, 1.165) is 11.5 Å². The highest BCUT2D eigenvalue weighted by molar-refractivity contribution is 7.98. The van der Waals surface area contributed by atoms with Gasteiger partial charge >= 0.3 is 0 Å². The summed E-state index contributed by atoms with van der Waals surface area (Å²) in [5, 5.41) is 3.94. The van der Waals surface area contributed by atoms with Crippen molar-refractivity contribution in [2.24, 2.45) is 15.5 Å². The Hall–Kier alpha value is -1.43. The number of hydrogen-bond acceptors (Lipinski definition) is 4. The zero-order valence-electron chi connectivity index (χ0n) is 9.35. The smallest absolute Gasteiger partial charge is 0.163 e. The molecular formula is C12H10F2N2OS. The lowest BCUT2D eigenvalue weighted by Crippen LogP contribution is -2.15. The van der Waals surface area contributed by atoms with Crippen LogP contribution in [-0.4, -0.2) is 17.7 Å². The molecule has 2 atom stereocenters.